The minimum Gasteiger partial charge on any atom is -0.397 e. The summed E-state index contributed by atoms with van der Waals surface area (Å²) < 4.78 is 0. The quantitative estimate of drug-likeness (QED) is 0.838. The number of hydrogen-bond acceptors (Lipinski definition) is 3. The summed E-state index contributed by atoms with van der Waals surface area (Å²) in [5, 5.41) is 3.38. The van der Waals surface area contributed by atoms with Crippen LogP contribution in [-0.2, 0) is 4.79 Å². The van der Waals surface area contributed by atoms with Crippen LogP contribution in [-0.4, -0.2) is 30.4 Å². The van der Waals surface area contributed by atoms with Crippen molar-refractivity contribution < 1.29 is 4.79 Å². The summed E-state index contributed by atoms with van der Waals surface area (Å²) in [5.74, 6) is -0.00294. The fourth-order valence-corrected chi connectivity index (χ4v) is 2.75. The van der Waals surface area contributed by atoms with Crippen LogP contribution in [0.3, 0.4) is 0 Å². The Bertz CT molecular complexity index is 510. The third-order valence-electron chi connectivity index (χ3n) is 4.56. The molecular formula is C16H24ClN3O. The van der Waals surface area contributed by atoms with Gasteiger partial charge in [-0.1, -0.05) is 31.9 Å². The molecule has 1 aliphatic rings. The third kappa shape index (κ3) is 4.35. The molecule has 0 aliphatic carbocycles. The van der Waals surface area contributed by atoms with Gasteiger partial charge in [-0.25, -0.2) is 0 Å². The molecule has 116 valence electrons. The number of amides is 1. The van der Waals surface area contributed by atoms with E-state index in [2.05, 4.69) is 24.1 Å². The Labute approximate surface area is 131 Å². The Morgan fingerprint density at radius 1 is 1.43 bits per heavy atom. The summed E-state index contributed by atoms with van der Waals surface area (Å²) >= 11 is 5.87. The number of benzene rings is 1. The van der Waals surface area contributed by atoms with Gasteiger partial charge in [0.2, 0.25) is 5.91 Å². The van der Waals surface area contributed by atoms with Gasteiger partial charge in [0.05, 0.1) is 17.3 Å². The van der Waals surface area contributed by atoms with Crippen molar-refractivity contribution >= 4 is 28.9 Å². The van der Waals surface area contributed by atoms with E-state index in [1.807, 2.05) is 0 Å². The third-order valence-corrected chi connectivity index (χ3v) is 4.91. The van der Waals surface area contributed by atoms with Crippen molar-refractivity contribution in [2.75, 3.05) is 30.7 Å². The summed E-state index contributed by atoms with van der Waals surface area (Å²) in [4.78, 5) is 14.3. The minimum atomic E-state index is -0.00294. The topological polar surface area (TPSA) is 58.4 Å². The maximum Gasteiger partial charge on any atom is 0.238 e. The van der Waals surface area contributed by atoms with E-state index in [1.165, 1.54) is 6.42 Å². The van der Waals surface area contributed by atoms with Gasteiger partial charge < -0.3 is 11.1 Å². The zero-order valence-electron chi connectivity index (χ0n) is 12.8. The number of carbonyl (C=O) groups is 1. The van der Waals surface area contributed by atoms with Crippen molar-refractivity contribution in [3.05, 3.63) is 23.2 Å². The SMILES string of the molecule is CCC1(C)CCN(CC(=O)Nc2ccc(Cl)c(N)c2)CC1. The molecule has 1 aliphatic heterocycles. The number of hydrogen-bond donors (Lipinski definition) is 2. The van der Waals surface area contributed by atoms with Crippen molar-refractivity contribution in [3.63, 3.8) is 0 Å². The average Bonchev–Trinajstić information content (AvgIpc) is 2.46. The van der Waals surface area contributed by atoms with Gasteiger partial charge in [0.1, 0.15) is 0 Å². The molecule has 1 aromatic rings. The predicted octanol–water partition coefficient (Wildman–Crippen LogP) is 3.37. The monoisotopic (exact) mass is 309 g/mol. The van der Waals surface area contributed by atoms with Gasteiger partial charge in [0, 0.05) is 5.69 Å². The fraction of sp³-hybridized carbons (Fsp3) is 0.562. The van der Waals surface area contributed by atoms with E-state index in [1.54, 1.807) is 18.2 Å². The van der Waals surface area contributed by atoms with E-state index >= 15 is 0 Å². The first-order chi connectivity index (χ1) is 9.92. The number of likely N-dealkylation sites (tertiary alicyclic amines) is 1. The molecule has 21 heavy (non-hydrogen) atoms. The number of rotatable bonds is 4. The van der Waals surface area contributed by atoms with E-state index in [-0.39, 0.29) is 5.91 Å². The minimum absolute atomic E-state index is 0.00294. The first-order valence-electron chi connectivity index (χ1n) is 7.49. The van der Waals surface area contributed by atoms with Crippen molar-refractivity contribution in [1.82, 2.24) is 4.90 Å². The lowest BCUT2D eigenvalue weighted by Gasteiger charge is -2.38. The van der Waals surface area contributed by atoms with Gasteiger partial charge in [0.15, 0.2) is 0 Å². The maximum atomic E-state index is 12.1. The lowest BCUT2D eigenvalue weighted by molar-refractivity contribution is -0.117. The van der Waals surface area contributed by atoms with Crippen molar-refractivity contribution in [3.8, 4) is 0 Å². The summed E-state index contributed by atoms with van der Waals surface area (Å²) in [7, 11) is 0. The van der Waals surface area contributed by atoms with E-state index in [0.29, 0.717) is 28.4 Å². The zero-order chi connectivity index (χ0) is 15.5. The van der Waals surface area contributed by atoms with E-state index < -0.39 is 0 Å². The molecule has 0 aromatic heterocycles. The van der Waals surface area contributed by atoms with Crippen molar-refractivity contribution in [1.29, 1.82) is 0 Å². The molecule has 0 spiro atoms. The van der Waals surface area contributed by atoms with Gasteiger partial charge >= 0.3 is 0 Å². The lowest BCUT2D eigenvalue weighted by atomic mass is 9.78. The number of nitrogen functional groups attached to an aromatic ring is 1. The van der Waals surface area contributed by atoms with Crippen molar-refractivity contribution in [2.45, 2.75) is 33.1 Å². The van der Waals surface area contributed by atoms with Crippen LogP contribution in [0.4, 0.5) is 11.4 Å². The highest BCUT2D eigenvalue weighted by molar-refractivity contribution is 6.33. The Morgan fingerprint density at radius 3 is 2.67 bits per heavy atom. The number of anilines is 2. The number of nitrogens with one attached hydrogen (secondary N) is 1. The molecule has 1 fully saturated rings. The van der Waals surface area contributed by atoms with Gasteiger partial charge in [-0.05, 0) is 49.5 Å². The van der Waals surface area contributed by atoms with Crippen LogP contribution in [0, 0.1) is 5.41 Å². The normalized spacial score (nSPS) is 18.4. The molecule has 0 saturated carbocycles. The highest BCUT2D eigenvalue weighted by atomic mass is 35.5. The molecule has 1 heterocycles. The van der Waals surface area contributed by atoms with Crippen LogP contribution in [0.25, 0.3) is 0 Å². The highest BCUT2D eigenvalue weighted by Gasteiger charge is 2.28. The number of nitrogens with zero attached hydrogens (tertiary/aromatic N) is 1. The van der Waals surface area contributed by atoms with Gasteiger partial charge in [0.25, 0.3) is 0 Å². The van der Waals surface area contributed by atoms with Crippen LogP contribution >= 0.6 is 11.6 Å². The van der Waals surface area contributed by atoms with Crippen LogP contribution in [0.1, 0.15) is 33.1 Å². The maximum absolute atomic E-state index is 12.1. The predicted molar refractivity (Wildman–Crippen MR) is 88.6 cm³/mol. The summed E-state index contributed by atoms with van der Waals surface area (Å²) in [5.41, 5.74) is 7.34. The molecule has 5 heteroatoms. The number of piperidine rings is 1. The van der Waals surface area contributed by atoms with E-state index in [0.717, 1.165) is 25.9 Å². The second-order valence-corrected chi connectivity index (χ2v) is 6.63. The first-order valence-corrected chi connectivity index (χ1v) is 7.87. The van der Waals surface area contributed by atoms with Crippen LogP contribution < -0.4 is 11.1 Å². The molecule has 0 bridgehead atoms. The van der Waals surface area contributed by atoms with Crippen LogP contribution in [0.2, 0.25) is 5.02 Å². The van der Waals surface area contributed by atoms with Gasteiger partial charge in [-0.3, -0.25) is 9.69 Å². The molecule has 0 radical (unpaired) electrons. The van der Waals surface area contributed by atoms with Gasteiger partial charge in [-0.2, -0.15) is 0 Å². The zero-order valence-corrected chi connectivity index (χ0v) is 13.5. The second kappa shape index (κ2) is 6.67. The Hall–Kier alpha value is -1.26. The molecule has 2 rings (SSSR count). The fourth-order valence-electron chi connectivity index (χ4n) is 2.63. The summed E-state index contributed by atoms with van der Waals surface area (Å²) in [6.45, 7) is 6.98. The summed E-state index contributed by atoms with van der Waals surface area (Å²) in [6, 6.07) is 5.14. The molecule has 1 amide bonds. The first kappa shape index (κ1) is 16.1. The Morgan fingerprint density at radius 2 is 2.10 bits per heavy atom. The van der Waals surface area contributed by atoms with E-state index in [9.17, 15) is 4.79 Å². The average molecular weight is 310 g/mol. The second-order valence-electron chi connectivity index (χ2n) is 6.22. The lowest BCUT2D eigenvalue weighted by Crippen LogP contribution is -2.42. The Balaban J connectivity index is 1.84. The van der Waals surface area contributed by atoms with E-state index in [4.69, 9.17) is 17.3 Å². The smallest absolute Gasteiger partial charge is 0.238 e. The number of nitrogens with two attached hydrogens (primary N) is 1. The largest absolute Gasteiger partial charge is 0.397 e. The Kier molecular flexibility index (Phi) is 5.12. The molecule has 0 atom stereocenters. The molecule has 1 saturated heterocycles. The summed E-state index contributed by atoms with van der Waals surface area (Å²) in [6.07, 6.45) is 3.52. The highest BCUT2D eigenvalue weighted by Crippen LogP contribution is 2.33. The molecule has 0 unspecified atom stereocenters. The molecular weight excluding hydrogens is 286 g/mol. The van der Waals surface area contributed by atoms with Crippen LogP contribution in [0.5, 0.6) is 0 Å². The molecule has 3 N–H and O–H groups in total. The van der Waals surface area contributed by atoms with Crippen molar-refractivity contribution in [2.24, 2.45) is 5.41 Å². The van der Waals surface area contributed by atoms with Gasteiger partial charge in [-0.15, -0.1) is 0 Å². The standard InChI is InChI=1S/C16H24ClN3O/c1-3-16(2)6-8-20(9-7-16)11-15(21)19-12-4-5-13(17)14(18)10-12/h4-5,10H,3,6-9,11,18H2,1-2H3,(H,19,21). The number of carbonyl (C=O) groups excluding carboxylic acids is 1. The molecule has 4 nitrogen and oxygen atoms in total. The van der Waals surface area contributed by atoms with Crippen LogP contribution in [0.15, 0.2) is 18.2 Å². The number of halogens is 1. The molecule has 1 aromatic carbocycles.